The molecule has 0 spiro atoms. The number of hydrogen-bond donors (Lipinski definition) is 1. The van der Waals surface area contributed by atoms with Crippen LogP contribution in [0.3, 0.4) is 0 Å². The molecule has 0 aliphatic rings. The van der Waals surface area contributed by atoms with Crippen molar-refractivity contribution in [3.05, 3.63) is 144 Å². The van der Waals surface area contributed by atoms with E-state index in [1.54, 1.807) is 12.1 Å². The highest BCUT2D eigenvalue weighted by Crippen LogP contribution is 2.36. The van der Waals surface area contributed by atoms with E-state index in [1.807, 2.05) is 12.1 Å². The minimum absolute atomic E-state index is 0.315. The molecule has 1 N–H and O–H groups in total. The van der Waals surface area contributed by atoms with Crippen molar-refractivity contribution in [3.8, 4) is 16.9 Å². The van der Waals surface area contributed by atoms with Crippen molar-refractivity contribution in [1.82, 2.24) is 0 Å². The van der Waals surface area contributed by atoms with Crippen molar-refractivity contribution in [1.29, 1.82) is 0 Å². The Kier molecular flexibility index (Phi) is 8.36. The monoisotopic (exact) mass is 488 g/mol. The van der Waals surface area contributed by atoms with E-state index in [0.29, 0.717) is 5.75 Å². The van der Waals surface area contributed by atoms with E-state index in [4.69, 9.17) is 0 Å². The van der Waals surface area contributed by atoms with Crippen LogP contribution < -0.4 is 15.9 Å². The van der Waals surface area contributed by atoms with Gasteiger partial charge in [-0.1, -0.05) is 120 Å². The van der Waals surface area contributed by atoms with Gasteiger partial charge in [-0.3, -0.25) is 0 Å². The Hall–Kier alpha value is -3.67. The molecular formula is C34H33OP. The molecule has 2 heteroatoms. The molecule has 5 rings (SSSR count). The quantitative estimate of drug-likeness (QED) is 0.257. The minimum Gasteiger partial charge on any atom is -0.508 e. The molecular weight excluding hydrogens is 455 g/mol. The number of phenols is 1. The molecule has 0 bridgehead atoms. The van der Waals surface area contributed by atoms with Gasteiger partial charge in [-0.15, -0.1) is 0 Å². The highest BCUT2D eigenvalue weighted by molar-refractivity contribution is 7.80. The second kappa shape index (κ2) is 11.8. The molecule has 0 unspecified atom stereocenters. The van der Waals surface area contributed by atoms with Crippen LogP contribution in [-0.4, -0.2) is 5.11 Å². The summed E-state index contributed by atoms with van der Waals surface area (Å²) in [6.07, 6.45) is 0. The third kappa shape index (κ3) is 6.30. The molecule has 0 aliphatic carbocycles. The lowest BCUT2D eigenvalue weighted by Crippen LogP contribution is -2.24. The normalized spacial score (nSPS) is 10.6. The zero-order valence-corrected chi connectivity index (χ0v) is 22.3. The molecule has 0 heterocycles. The van der Waals surface area contributed by atoms with E-state index in [1.165, 1.54) is 49.3 Å². The molecule has 0 aliphatic heterocycles. The minimum atomic E-state index is -0.644. The predicted octanol–water partition coefficient (Wildman–Crippen LogP) is 7.74. The van der Waals surface area contributed by atoms with Gasteiger partial charge in [0.2, 0.25) is 0 Å². The van der Waals surface area contributed by atoms with Gasteiger partial charge in [0.15, 0.2) is 0 Å². The molecule has 0 fully saturated rings. The van der Waals surface area contributed by atoms with Crippen LogP contribution in [0.2, 0.25) is 0 Å². The average Bonchev–Trinajstić information content (AvgIpc) is 2.91. The van der Waals surface area contributed by atoms with Gasteiger partial charge in [-0.05, 0) is 85.9 Å². The maximum absolute atomic E-state index is 9.68. The molecule has 180 valence electrons. The second-order valence-electron chi connectivity index (χ2n) is 9.16. The third-order valence-electron chi connectivity index (χ3n) is 6.20. The maximum Gasteiger partial charge on any atom is 0.115 e. The molecule has 0 aromatic heterocycles. The van der Waals surface area contributed by atoms with E-state index in [2.05, 4.69) is 125 Å². The van der Waals surface area contributed by atoms with Crippen molar-refractivity contribution in [2.45, 2.75) is 27.7 Å². The standard InChI is InChI=1S/C22H23OP.C12H10/c1-15-5-7-17(3)21(13-15)24(20-11-9-19(23)10-12-20)22-14-16(2)6-8-18(22)4;1-3-7-11(8-4-1)12-9-5-2-6-10-12/h5-14,23H,1-4H3;1-10H. The first-order chi connectivity index (χ1) is 17.4. The molecule has 5 aromatic carbocycles. The summed E-state index contributed by atoms with van der Waals surface area (Å²) in [6.45, 7) is 8.68. The van der Waals surface area contributed by atoms with Gasteiger partial charge in [0, 0.05) is 0 Å². The summed E-state index contributed by atoms with van der Waals surface area (Å²) in [4.78, 5) is 0. The van der Waals surface area contributed by atoms with Crippen LogP contribution in [0.5, 0.6) is 5.75 Å². The van der Waals surface area contributed by atoms with Gasteiger partial charge < -0.3 is 5.11 Å². The summed E-state index contributed by atoms with van der Waals surface area (Å²) < 4.78 is 0. The number of phenolic OH excluding ortho intramolecular Hbond substituents is 1. The van der Waals surface area contributed by atoms with E-state index in [0.717, 1.165) is 0 Å². The molecule has 0 saturated heterocycles. The summed E-state index contributed by atoms with van der Waals surface area (Å²) in [5, 5.41) is 13.7. The first-order valence-electron chi connectivity index (χ1n) is 12.3. The fraction of sp³-hybridized carbons (Fsp3) is 0.118. The number of hydrogen-bond acceptors (Lipinski definition) is 1. The summed E-state index contributed by atoms with van der Waals surface area (Å²) in [7, 11) is -0.644. The van der Waals surface area contributed by atoms with Crippen LogP contribution in [0.1, 0.15) is 22.3 Å². The number of aryl methyl sites for hydroxylation is 4. The first kappa shape index (κ1) is 25.4. The van der Waals surface area contributed by atoms with Crippen LogP contribution >= 0.6 is 7.92 Å². The van der Waals surface area contributed by atoms with Gasteiger partial charge in [-0.2, -0.15) is 0 Å². The Labute approximate surface area is 216 Å². The van der Waals surface area contributed by atoms with Crippen LogP contribution in [0.4, 0.5) is 0 Å². The number of aromatic hydroxyl groups is 1. The second-order valence-corrected chi connectivity index (χ2v) is 11.3. The highest BCUT2D eigenvalue weighted by atomic mass is 31.1. The number of rotatable bonds is 4. The fourth-order valence-electron chi connectivity index (χ4n) is 4.19. The Morgan fingerprint density at radius 1 is 0.472 bits per heavy atom. The zero-order chi connectivity index (χ0) is 25.5. The van der Waals surface area contributed by atoms with Gasteiger partial charge in [0.05, 0.1) is 0 Å². The topological polar surface area (TPSA) is 20.2 Å². The van der Waals surface area contributed by atoms with Crippen molar-refractivity contribution < 1.29 is 5.11 Å². The lowest BCUT2D eigenvalue weighted by Gasteiger charge is -2.24. The maximum atomic E-state index is 9.68. The van der Waals surface area contributed by atoms with E-state index in [9.17, 15) is 5.11 Å². The smallest absolute Gasteiger partial charge is 0.115 e. The Bertz CT molecular complexity index is 1320. The van der Waals surface area contributed by atoms with Gasteiger partial charge in [-0.25, -0.2) is 0 Å². The average molecular weight is 489 g/mol. The van der Waals surface area contributed by atoms with Crippen molar-refractivity contribution in [2.24, 2.45) is 0 Å². The van der Waals surface area contributed by atoms with Crippen LogP contribution in [0, 0.1) is 27.7 Å². The van der Waals surface area contributed by atoms with Gasteiger partial charge in [0.25, 0.3) is 0 Å². The summed E-state index contributed by atoms with van der Waals surface area (Å²) in [6, 6.07) is 41.9. The molecule has 0 saturated carbocycles. The third-order valence-corrected chi connectivity index (χ3v) is 8.94. The van der Waals surface area contributed by atoms with E-state index < -0.39 is 7.92 Å². The van der Waals surface area contributed by atoms with Crippen molar-refractivity contribution >= 4 is 23.8 Å². The number of benzene rings is 5. The lowest BCUT2D eigenvalue weighted by atomic mass is 10.1. The van der Waals surface area contributed by atoms with Crippen LogP contribution in [-0.2, 0) is 0 Å². The Balaban J connectivity index is 0.000000211. The summed E-state index contributed by atoms with van der Waals surface area (Å²) in [5.74, 6) is 0.315. The molecule has 0 amide bonds. The van der Waals surface area contributed by atoms with Crippen molar-refractivity contribution in [2.75, 3.05) is 0 Å². The van der Waals surface area contributed by atoms with Gasteiger partial charge >= 0.3 is 0 Å². The van der Waals surface area contributed by atoms with Gasteiger partial charge in [0.1, 0.15) is 5.75 Å². The molecule has 0 radical (unpaired) electrons. The Morgan fingerprint density at radius 2 is 0.889 bits per heavy atom. The fourth-order valence-corrected chi connectivity index (χ4v) is 6.97. The summed E-state index contributed by atoms with van der Waals surface area (Å²) in [5.41, 5.74) is 7.76. The Morgan fingerprint density at radius 3 is 1.31 bits per heavy atom. The van der Waals surface area contributed by atoms with E-state index >= 15 is 0 Å². The first-order valence-corrected chi connectivity index (χ1v) is 13.6. The lowest BCUT2D eigenvalue weighted by molar-refractivity contribution is 0.475. The molecule has 36 heavy (non-hydrogen) atoms. The molecule has 0 atom stereocenters. The largest absolute Gasteiger partial charge is 0.508 e. The summed E-state index contributed by atoms with van der Waals surface area (Å²) >= 11 is 0. The van der Waals surface area contributed by atoms with Crippen LogP contribution in [0.15, 0.2) is 121 Å². The highest BCUT2D eigenvalue weighted by Gasteiger charge is 2.20. The van der Waals surface area contributed by atoms with Crippen molar-refractivity contribution in [3.63, 3.8) is 0 Å². The predicted molar refractivity (Wildman–Crippen MR) is 158 cm³/mol. The molecule has 5 aromatic rings. The van der Waals surface area contributed by atoms with E-state index in [-0.39, 0.29) is 0 Å². The SMILES string of the molecule is Cc1ccc(C)c(P(c2ccc(O)cc2)c2cc(C)ccc2C)c1.c1ccc(-c2ccccc2)cc1. The van der Waals surface area contributed by atoms with Crippen LogP contribution in [0.25, 0.3) is 11.1 Å². The zero-order valence-electron chi connectivity index (χ0n) is 21.4. The molecule has 1 nitrogen and oxygen atoms in total.